The third kappa shape index (κ3) is 4.31. The van der Waals surface area contributed by atoms with Crippen molar-refractivity contribution in [2.45, 2.75) is 30.6 Å². The van der Waals surface area contributed by atoms with Gasteiger partial charge in [0.1, 0.15) is 0 Å². The summed E-state index contributed by atoms with van der Waals surface area (Å²) in [6.07, 6.45) is 3.20. The summed E-state index contributed by atoms with van der Waals surface area (Å²) >= 11 is 0. The molecule has 110 valence electrons. The first-order chi connectivity index (χ1) is 9.58. The van der Waals surface area contributed by atoms with Gasteiger partial charge >= 0.3 is 0 Å². The number of amides is 1. The second-order valence-corrected chi connectivity index (χ2v) is 6.78. The van der Waals surface area contributed by atoms with E-state index >= 15 is 0 Å². The van der Waals surface area contributed by atoms with Crippen LogP contribution in [0, 0.1) is 5.92 Å². The summed E-state index contributed by atoms with van der Waals surface area (Å²) in [5, 5.41) is 3.28. The van der Waals surface area contributed by atoms with Crippen LogP contribution in [0.25, 0.3) is 0 Å². The molecule has 5 nitrogen and oxygen atoms in total. The van der Waals surface area contributed by atoms with Gasteiger partial charge in [-0.05, 0) is 50.4 Å². The van der Waals surface area contributed by atoms with Crippen LogP contribution in [0.2, 0.25) is 0 Å². The quantitative estimate of drug-likeness (QED) is 0.858. The Morgan fingerprint density at radius 3 is 2.70 bits per heavy atom. The summed E-state index contributed by atoms with van der Waals surface area (Å²) < 4.78 is 26.0. The molecule has 1 aromatic rings. The predicted octanol–water partition coefficient (Wildman–Crippen LogP) is 1.27. The van der Waals surface area contributed by atoms with Crippen LogP contribution >= 0.6 is 0 Å². The molecule has 0 spiro atoms. The molecule has 1 fully saturated rings. The van der Waals surface area contributed by atoms with E-state index in [1.165, 1.54) is 12.1 Å². The van der Waals surface area contributed by atoms with Crippen LogP contribution in [0.15, 0.2) is 35.2 Å². The Hall–Kier alpha value is -1.40. The molecule has 1 atom stereocenters. The maximum Gasteiger partial charge on any atom is 0.264 e. The van der Waals surface area contributed by atoms with E-state index in [0.717, 1.165) is 32.4 Å². The lowest BCUT2D eigenvalue weighted by atomic mass is 9.95. The van der Waals surface area contributed by atoms with Crippen molar-refractivity contribution in [2.24, 2.45) is 5.92 Å². The van der Waals surface area contributed by atoms with Crippen molar-refractivity contribution in [1.29, 1.82) is 0 Å². The summed E-state index contributed by atoms with van der Waals surface area (Å²) in [4.78, 5) is 11.9. The molecule has 1 aliphatic heterocycles. The molecule has 0 aromatic heterocycles. The lowest BCUT2D eigenvalue weighted by molar-refractivity contribution is -0.119. The SMILES string of the molecule is O=C(CCC1CCCNC1)NS(=O)(=O)c1ccccc1. The van der Waals surface area contributed by atoms with Crippen LogP contribution in [0.3, 0.4) is 0 Å². The zero-order valence-corrected chi connectivity index (χ0v) is 12.2. The van der Waals surface area contributed by atoms with Crippen LogP contribution in [0.5, 0.6) is 0 Å². The van der Waals surface area contributed by atoms with Gasteiger partial charge in [-0.1, -0.05) is 18.2 Å². The number of hydrogen-bond donors (Lipinski definition) is 2. The predicted molar refractivity (Wildman–Crippen MR) is 76.6 cm³/mol. The average molecular weight is 296 g/mol. The van der Waals surface area contributed by atoms with E-state index in [0.29, 0.717) is 5.92 Å². The second kappa shape index (κ2) is 6.85. The molecule has 1 aromatic carbocycles. The largest absolute Gasteiger partial charge is 0.316 e. The highest BCUT2D eigenvalue weighted by molar-refractivity contribution is 7.90. The molecule has 2 rings (SSSR count). The van der Waals surface area contributed by atoms with Gasteiger partial charge in [-0.15, -0.1) is 0 Å². The van der Waals surface area contributed by atoms with Gasteiger partial charge in [0.25, 0.3) is 10.0 Å². The number of benzene rings is 1. The molecule has 20 heavy (non-hydrogen) atoms. The Kier molecular flexibility index (Phi) is 5.14. The van der Waals surface area contributed by atoms with Crippen molar-refractivity contribution in [3.63, 3.8) is 0 Å². The van der Waals surface area contributed by atoms with Crippen molar-refractivity contribution in [3.8, 4) is 0 Å². The molecule has 0 saturated carbocycles. The second-order valence-electron chi connectivity index (χ2n) is 5.09. The Balaban J connectivity index is 1.84. The fourth-order valence-corrected chi connectivity index (χ4v) is 3.40. The zero-order chi connectivity index (χ0) is 14.4. The molecule has 6 heteroatoms. The molecule has 1 amide bonds. The Labute approximate surface area is 119 Å². The van der Waals surface area contributed by atoms with Gasteiger partial charge in [-0.3, -0.25) is 4.79 Å². The molecule has 1 saturated heterocycles. The van der Waals surface area contributed by atoms with Crippen molar-refractivity contribution in [3.05, 3.63) is 30.3 Å². The minimum atomic E-state index is -3.73. The van der Waals surface area contributed by atoms with Crippen molar-refractivity contribution >= 4 is 15.9 Å². The van der Waals surface area contributed by atoms with Crippen LogP contribution < -0.4 is 10.0 Å². The summed E-state index contributed by atoms with van der Waals surface area (Å²) in [7, 11) is -3.73. The fraction of sp³-hybridized carbons (Fsp3) is 0.500. The average Bonchev–Trinajstić information content (AvgIpc) is 2.47. The summed E-state index contributed by atoms with van der Waals surface area (Å²) in [6, 6.07) is 7.94. The van der Waals surface area contributed by atoms with Gasteiger partial charge in [-0.2, -0.15) is 0 Å². The highest BCUT2D eigenvalue weighted by Crippen LogP contribution is 2.16. The van der Waals surface area contributed by atoms with Crippen molar-refractivity contribution in [2.75, 3.05) is 13.1 Å². The molecule has 2 N–H and O–H groups in total. The van der Waals surface area contributed by atoms with Gasteiger partial charge in [0, 0.05) is 6.42 Å². The number of carbonyl (C=O) groups excluding carboxylic acids is 1. The lowest BCUT2D eigenvalue weighted by Crippen LogP contribution is -2.33. The summed E-state index contributed by atoms with van der Waals surface area (Å²) in [5.74, 6) is 0.0355. The highest BCUT2D eigenvalue weighted by Gasteiger charge is 2.19. The van der Waals surface area contributed by atoms with Crippen molar-refractivity contribution in [1.82, 2.24) is 10.0 Å². The standard InChI is InChI=1S/C14H20N2O3S/c17-14(9-8-12-5-4-10-15-11-12)16-20(18,19)13-6-2-1-3-7-13/h1-3,6-7,12,15H,4-5,8-11H2,(H,16,17). The number of sulfonamides is 1. The van der Waals surface area contributed by atoms with Gasteiger partial charge in [0.2, 0.25) is 5.91 Å². The Bertz CT molecular complexity index is 537. The number of nitrogens with one attached hydrogen (secondary N) is 2. The number of rotatable bonds is 5. The Morgan fingerprint density at radius 2 is 2.05 bits per heavy atom. The van der Waals surface area contributed by atoms with Crippen LogP contribution in [-0.2, 0) is 14.8 Å². The number of carbonyl (C=O) groups is 1. The first kappa shape index (κ1) is 15.0. The molecule has 1 unspecified atom stereocenters. The van der Waals surface area contributed by atoms with Crippen LogP contribution in [0.1, 0.15) is 25.7 Å². The molecular weight excluding hydrogens is 276 g/mol. The van der Waals surface area contributed by atoms with Crippen LogP contribution in [-0.4, -0.2) is 27.4 Å². The van der Waals surface area contributed by atoms with Crippen LogP contribution in [0.4, 0.5) is 0 Å². The van der Waals surface area contributed by atoms with Crippen molar-refractivity contribution < 1.29 is 13.2 Å². The number of hydrogen-bond acceptors (Lipinski definition) is 4. The summed E-state index contributed by atoms with van der Waals surface area (Å²) in [6.45, 7) is 1.95. The van der Waals surface area contributed by atoms with E-state index in [1.807, 2.05) is 0 Å². The van der Waals surface area contributed by atoms with E-state index in [1.54, 1.807) is 18.2 Å². The molecule has 1 heterocycles. The third-order valence-corrected chi connectivity index (χ3v) is 4.87. The van der Waals surface area contributed by atoms with E-state index in [2.05, 4.69) is 10.0 Å². The van der Waals surface area contributed by atoms with Gasteiger partial charge in [-0.25, -0.2) is 13.1 Å². The van der Waals surface area contributed by atoms with E-state index in [4.69, 9.17) is 0 Å². The van der Waals surface area contributed by atoms with Gasteiger partial charge < -0.3 is 5.32 Å². The first-order valence-electron chi connectivity index (χ1n) is 6.89. The molecule has 1 aliphatic rings. The summed E-state index contributed by atoms with van der Waals surface area (Å²) in [5.41, 5.74) is 0. The maximum absolute atomic E-state index is 11.9. The highest BCUT2D eigenvalue weighted by atomic mass is 32.2. The monoisotopic (exact) mass is 296 g/mol. The molecule has 0 aliphatic carbocycles. The topological polar surface area (TPSA) is 75.3 Å². The molecular formula is C14H20N2O3S. The maximum atomic E-state index is 11.9. The fourth-order valence-electron chi connectivity index (χ4n) is 2.37. The smallest absolute Gasteiger partial charge is 0.264 e. The van der Waals surface area contributed by atoms with E-state index < -0.39 is 15.9 Å². The van der Waals surface area contributed by atoms with E-state index in [9.17, 15) is 13.2 Å². The minimum Gasteiger partial charge on any atom is -0.316 e. The minimum absolute atomic E-state index is 0.118. The third-order valence-electron chi connectivity index (χ3n) is 3.48. The lowest BCUT2D eigenvalue weighted by Gasteiger charge is -2.22. The number of piperidine rings is 1. The van der Waals surface area contributed by atoms with E-state index in [-0.39, 0.29) is 11.3 Å². The van der Waals surface area contributed by atoms with Gasteiger partial charge in [0.15, 0.2) is 0 Å². The Morgan fingerprint density at radius 1 is 1.30 bits per heavy atom. The molecule has 0 radical (unpaired) electrons. The normalized spacial score (nSPS) is 19.5. The van der Waals surface area contributed by atoms with Gasteiger partial charge in [0.05, 0.1) is 4.90 Å². The molecule has 0 bridgehead atoms. The zero-order valence-electron chi connectivity index (χ0n) is 11.3. The first-order valence-corrected chi connectivity index (χ1v) is 8.37.